The third-order valence-corrected chi connectivity index (χ3v) is 6.42. The van der Waals surface area contributed by atoms with Crippen molar-refractivity contribution in [1.82, 2.24) is 10.2 Å². The van der Waals surface area contributed by atoms with Crippen LogP contribution in [0.15, 0.2) is 12.1 Å². The van der Waals surface area contributed by atoms with Crippen LogP contribution in [0.25, 0.3) is 0 Å². The van der Waals surface area contributed by atoms with Crippen molar-refractivity contribution in [1.29, 1.82) is 0 Å². The molecule has 0 spiro atoms. The van der Waals surface area contributed by atoms with Crippen molar-refractivity contribution in [2.45, 2.75) is 43.7 Å². The molecule has 3 atom stereocenters. The van der Waals surface area contributed by atoms with Gasteiger partial charge in [-0.05, 0) is 42.4 Å². The summed E-state index contributed by atoms with van der Waals surface area (Å²) in [5, 5.41) is 32.5. The number of nitrogens with one attached hydrogen (secondary N) is 1. The van der Waals surface area contributed by atoms with Crippen molar-refractivity contribution in [2.24, 2.45) is 11.7 Å². The number of nitrogens with zero attached hydrogens (tertiary/aromatic N) is 1. The molecule has 178 valence electrons. The molecule has 1 fully saturated rings. The lowest BCUT2D eigenvalue weighted by atomic mass is 9.78. The number of carboxylic acids is 1. The quantitative estimate of drug-likeness (QED) is 0.337. The Labute approximate surface area is 211 Å². The van der Waals surface area contributed by atoms with Crippen molar-refractivity contribution >= 4 is 73.5 Å². The van der Waals surface area contributed by atoms with E-state index in [1.165, 1.54) is 0 Å². The topological polar surface area (TPSA) is 119 Å². The molecule has 6 N–H and O–H groups in total. The van der Waals surface area contributed by atoms with Gasteiger partial charge in [0, 0.05) is 48.2 Å². The summed E-state index contributed by atoms with van der Waals surface area (Å²) in [6, 6.07) is 3.81. The molecule has 13 heteroatoms. The Hall–Kier alpha value is 0.00494. The summed E-state index contributed by atoms with van der Waals surface area (Å²) in [5.41, 5.74) is 7.11. The number of carbonyl (C=O) groups is 1. The zero-order chi connectivity index (χ0) is 20.5. The molecule has 2 aliphatic heterocycles. The Balaban J connectivity index is 0.00000300. The van der Waals surface area contributed by atoms with Gasteiger partial charge in [0.15, 0.2) is 0 Å². The molecular formula is C18H29BCl5N3O4. The van der Waals surface area contributed by atoms with E-state index in [2.05, 4.69) is 10.2 Å². The van der Waals surface area contributed by atoms with Crippen LogP contribution in [0.4, 0.5) is 0 Å². The highest BCUT2D eigenvalue weighted by Crippen LogP contribution is 2.32. The third kappa shape index (κ3) is 7.50. The SMILES string of the molecule is Cl.Cl.Cl.N[C@]1(C(=O)O)CN(CC2Cc3c(Cl)cc(Cl)cc3CN2)C[C@@H]1CCCB(O)O. The monoisotopic (exact) mass is 537 g/mol. The number of likely N-dealkylation sites (tertiary alicyclic amines) is 1. The Morgan fingerprint density at radius 2 is 1.97 bits per heavy atom. The lowest BCUT2D eigenvalue weighted by molar-refractivity contribution is -0.144. The molecule has 31 heavy (non-hydrogen) atoms. The third-order valence-electron chi connectivity index (χ3n) is 5.87. The maximum Gasteiger partial charge on any atom is 0.451 e. The maximum atomic E-state index is 11.8. The van der Waals surface area contributed by atoms with Gasteiger partial charge in [0.2, 0.25) is 0 Å². The predicted molar refractivity (Wildman–Crippen MR) is 131 cm³/mol. The molecule has 0 aromatic heterocycles. The fourth-order valence-corrected chi connectivity index (χ4v) is 4.98. The highest BCUT2D eigenvalue weighted by Gasteiger charge is 2.49. The fourth-order valence-electron chi connectivity index (χ4n) is 4.37. The maximum absolute atomic E-state index is 11.8. The van der Waals surface area contributed by atoms with Crippen molar-refractivity contribution in [2.75, 3.05) is 19.6 Å². The minimum Gasteiger partial charge on any atom is -0.480 e. The smallest absolute Gasteiger partial charge is 0.451 e. The van der Waals surface area contributed by atoms with Crippen molar-refractivity contribution in [3.05, 3.63) is 33.3 Å². The molecular weight excluding hydrogens is 510 g/mol. The molecule has 7 nitrogen and oxygen atoms in total. The number of hydrogen-bond acceptors (Lipinski definition) is 6. The summed E-state index contributed by atoms with van der Waals surface area (Å²) in [6.07, 6.45) is 2.03. The number of carboxylic acid groups (broad SMARTS) is 1. The van der Waals surface area contributed by atoms with E-state index in [9.17, 15) is 9.90 Å². The van der Waals surface area contributed by atoms with Gasteiger partial charge in [0.25, 0.3) is 0 Å². The number of fused-ring (bicyclic) bond motifs is 1. The summed E-state index contributed by atoms with van der Waals surface area (Å²) in [6.45, 7) is 2.18. The van der Waals surface area contributed by atoms with Crippen LogP contribution < -0.4 is 11.1 Å². The van der Waals surface area contributed by atoms with E-state index in [0.717, 1.165) is 17.5 Å². The van der Waals surface area contributed by atoms with Gasteiger partial charge in [-0.1, -0.05) is 29.6 Å². The van der Waals surface area contributed by atoms with Gasteiger partial charge in [-0.25, -0.2) is 0 Å². The molecule has 2 aliphatic rings. The number of hydrogen-bond donors (Lipinski definition) is 5. The zero-order valence-corrected chi connectivity index (χ0v) is 20.8. The largest absolute Gasteiger partial charge is 0.480 e. The fraction of sp³-hybridized carbons (Fsp3) is 0.611. The van der Waals surface area contributed by atoms with E-state index in [1.807, 2.05) is 6.07 Å². The molecule has 2 heterocycles. The Kier molecular flexibility index (Phi) is 13.0. The number of aliphatic carboxylic acids is 1. The van der Waals surface area contributed by atoms with Crippen LogP contribution in [-0.4, -0.2) is 64.4 Å². The second-order valence-electron chi connectivity index (χ2n) is 7.96. The molecule has 0 saturated carbocycles. The molecule has 3 rings (SSSR count). The van der Waals surface area contributed by atoms with E-state index in [-0.39, 0.29) is 62.0 Å². The average Bonchev–Trinajstić information content (AvgIpc) is 2.92. The van der Waals surface area contributed by atoms with Gasteiger partial charge in [0.05, 0.1) is 0 Å². The minimum absolute atomic E-state index is 0. The highest BCUT2D eigenvalue weighted by molar-refractivity contribution is 6.40. The van der Waals surface area contributed by atoms with Crippen molar-refractivity contribution < 1.29 is 19.9 Å². The highest BCUT2D eigenvalue weighted by atomic mass is 35.5. The number of benzene rings is 1. The van der Waals surface area contributed by atoms with Crippen molar-refractivity contribution in [3.63, 3.8) is 0 Å². The first-order valence-corrected chi connectivity index (χ1v) is 10.3. The minimum atomic E-state index is -1.38. The van der Waals surface area contributed by atoms with E-state index in [0.29, 0.717) is 42.5 Å². The van der Waals surface area contributed by atoms with E-state index in [4.69, 9.17) is 39.0 Å². The molecule has 0 amide bonds. The van der Waals surface area contributed by atoms with Crippen LogP contribution in [0.1, 0.15) is 24.0 Å². The molecule has 0 bridgehead atoms. The lowest BCUT2D eigenvalue weighted by Crippen LogP contribution is -2.55. The Morgan fingerprint density at radius 3 is 2.58 bits per heavy atom. The average molecular weight is 540 g/mol. The first-order valence-electron chi connectivity index (χ1n) is 9.50. The van der Waals surface area contributed by atoms with Gasteiger partial charge < -0.3 is 26.2 Å². The summed E-state index contributed by atoms with van der Waals surface area (Å²) in [7, 11) is -1.38. The van der Waals surface area contributed by atoms with Crippen LogP contribution in [-0.2, 0) is 17.8 Å². The molecule has 1 aromatic carbocycles. The molecule has 0 radical (unpaired) electrons. The van der Waals surface area contributed by atoms with E-state index < -0.39 is 18.6 Å². The summed E-state index contributed by atoms with van der Waals surface area (Å²) < 4.78 is 0. The second kappa shape index (κ2) is 13.0. The van der Waals surface area contributed by atoms with Crippen LogP contribution in [0.5, 0.6) is 0 Å². The van der Waals surface area contributed by atoms with E-state index in [1.54, 1.807) is 6.07 Å². The molecule has 1 aromatic rings. The first-order chi connectivity index (χ1) is 13.2. The van der Waals surface area contributed by atoms with Crippen LogP contribution >= 0.6 is 60.4 Å². The number of halogens is 5. The normalized spacial score (nSPS) is 24.9. The lowest BCUT2D eigenvalue weighted by Gasteiger charge is -2.30. The van der Waals surface area contributed by atoms with Gasteiger partial charge in [-0.2, -0.15) is 0 Å². The summed E-state index contributed by atoms with van der Waals surface area (Å²) in [4.78, 5) is 13.9. The predicted octanol–water partition coefficient (Wildman–Crippen LogP) is 2.24. The second-order valence-corrected chi connectivity index (χ2v) is 8.80. The van der Waals surface area contributed by atoms with Gasteiger partial charge in [-0.15, -0.1) is 37.2 Å². The van der Waals surface area contributed by atoms with Crippen molar-refractivity contribution in [3.8, 4) is 0 Å². The Morgan fingerprint density at radius 1 is 1.29 bits per heavy atom. The Bertz CT molecular complexity index is 748. The number of rotatable bonds is 7. The zero-order valence-electron chi connectivity index (χ0n) is 16.8. The van der Waals surface area contributed by atoms with Gasteiger partial charge >= 0.3 is 13.1 Å². The molecule has 1 saturated heterocycles. The molecule has 1 unspecified atom stereocenters. The van der Waals surface area contributed by atoms with Gasteiger partial charge in [-0.3, -0.25) is 9.69 Å². The molecule has 0 aliphatic carbocycles. The standard InChI is InChI=1S/C18H26BCl2N3O4.3ClH/c20-13-4-11-7-23-14(6-15(11)16(21)5-13)9-24-8-12(2-1-3-19(27)28)18(22,10-24)17(25)26;;;/h4-5,12,14,23,27-28H,1-3,6-10,22H2,(H,25,26);3*1H/t12-,14?,18+;;;/m0.../s1. The van der Waals surface area contributed by atoms with Crippen LogP contribution in [0.2, 0.25) is 16.4 Å². The van der Waals surface area contributed by atoms with Gasteiger partial charge in [0.1, 0.15) is 5.54 Å². The van der Waals surface area contributed by atoms with Crippen LogP contribution in [0, 0.1) is 5.92 Å². The first kappa shape index (κ1) is 31.0. The number of nitrogens with two attached hydrogens (primary N) is 1. The van der Waals surface area contributed by atoms with Crippen LogP contribution in [0.3, 0.4) is 0 Å². The van der Waals surface area contributed by atoms with E-state index >= 15 is 0 Å². The summed E-state index contributed by atoms with van der Waals surface area (Å²) >= 11 is 12.4. The summed E-state index contributed by atoms with van der Waals surface area (Å²) in [5.74, 6) is -1.24.